The lowest BCUT2D eigenvalue weighted by molar-refractivity contribution is -0.120. The molecule has 0 radical (unpaired) electrons. The van der Waals surface area contributed by atoms with Crippen LogP contribution in [0.4, 0.5) is 11.6 Å². The Kier molecular flexibility index (Phi) is 6.17. The number of carbonyl (C=O) groups excluding carboxylic acids is 1. The minimum atomic E-state index is -0.284. The summed E-state index contributed by atoms with van der Waals surface area (Å²) in [5.41, 5.74) is 2.55. The molecular formula is C20H27N5O. The Labute approximate surface area is 155 Å². The fourth-order valence-corrected chi connectivity index (χ4v) is 3.27. The highest BCUT2D eigenvalue weighted by atomic mass is 16.2. The number of carbonyl (C=O) groups is 1. The Hall–Kier alpha value is -2.47. The summed E-state index contributed by atoms with van der Waals surface area (Å²) in [6, 6.07) is 9.95. The number of nitrogens with zero attached hydrogens (tertiary/aromatic N) is 4. The van der Waals surface area contributed by atoms with Gasteiger partial charge in [-0.15, -0.1) is 0 Å². The standard InChI is InChI=1S/C20H27N5O/c1-16(19(26)23-20-21-11-8-12-22-20)24(2)15-17-9-4-5-10-18(17)25-13-6-3-7-14-25/h4-5,8-12,16H,3,6-7,13-15H2,1-2H3,(H,21,22,23,26)/t16-/m1/s1. The first-order valence-corrected chi connectivity index (χ1v) is 9.26. The van der Waals surface area contributed by atoms with E-state index in [1.165, 1.54) is 30.5 Å². The molecule has 1 amide bonds. The van der Waals surface area contributed by atoms with Crippen molar-refractivity contribution in [1.29, 1.82) is 0 Å². The molecule has 0 aliphatic carbocycles. The zero-order chi connectivity index (χ0) is 18.4. The highest BCUT2D eigenvalue weighted by molar-refractivity contribution is 5.93. The van der Waals surface area contributed by atoms with E-state index in [1.54, 1.807) is 18.5 Å². The van der Waals surface area contributed by atoms with Gasteiger partial charge in [-0.1, -0.05) is 18.2 Å². The van der Waals surface area contributed by atoms with Gasteiger partial charge < -0.3 is 4.90 Å². The highest BCUT2D eigenvalue weighted by Gasteiger charge is 2.21. The minimum absolute atomic E-state index is 0.103. The first-order chi connectivity index (χ1) is 12.6. The number of aromatic nitrogens is 2. The van der Waals surface area contributed by atoms with Crippen LogP contribution in [0, 0.1) is 0 Å². The third-order valence-electron chi connectivity index (χ3n) is 4.95. The fourth-order valence-electron chi connectivity index (χ4n) is 3.27. The number of piperidine rings is 1. The second-order valence-corrected chi connectivity index (χ2v) is 6.83. The van der Waals surface area contributed by atoms with Crippen molar-refractivity contribution in [3.8, 4) is 0 Å². The monoisotopic (exact) mass is 353 g/mol. The molecule has 0 saturated carbocycles. The van der Waals surface area contributed by atoms with Gasteiger partial charge in [-0.05, 0) is 50.9 Å². The second-order valence-electron chi connectivity index (χ2n) is 6.83. The maximum atomic E-state index is 12.5. The molecule has 2 heterocycles. The Morgan fingerprint density at radius 1 is 1.15 bits per heavy atom. The van der Waals surface area contributed by atoms with Crippen molar-refractivity contribution in [3.05, 3.63) is 48.3 Å². The molecule has 6 nitrogen and oxygen atoms in total. The number of rotatable bonds is 6. The van der Waals surface area contributed by atoms with Gasteiger partial charge in [0.1, 0.15) is 0 Å². The van der Waals surface area contributed by atoms with Crippen LogP contribution in [0.5, 0.6) is 0 Å². The summed E-state index contributed by atoms with van der Waals surface area (Å²) < 4.78 is 0. The molecule has 1 aliphatic heterocycles. The van der Waals surface area contributed by atoms with Crippen LogP contribution in [0.1, 0.15) is 31.7 Å². The van der Waals surface area contributed by atoms with Crippen LogP contribution in [0.2, 0.25) is 0 Å². The molecule has 3 rings (SSSR count). The number of hydrogen-bond donors (Lipinski definition) is 1. The van der Waals surface area contributed by atoms with Crippen LogP contribution in [-0.2, 0) is 11.3 Å². The lowest BCUT2D eigenvalue weighted by Gasteiger charge is -2.32. The first-order valence-electron chi connectivity index (χ1n) is 9.26. The van der Waals surface area contributed by atoms with Crippen molar-refractivity contribution < 1.29 is 4.79 Å². The van der Waals surface area contributed by atoms with Crippen LogP contribution >= 0.6 is 0 Å². The number of benzene rings is 1. The Morgan fingerprint density at radius 3 is 2.58 bits per heavy atom. The van der Waals surface area contributed by atoms with E-state index in [1.807, 2.05) is 14.0 Å². The Bertz CT molecular complexity index is 715. The molecule has 1 fully saturated rings. The molecule has 0 unspecified atom stereocenters. The zero-order valence-corrected chi connectivity index (χ0v) is 15.6. The topological polar surface area (TPSA) is 61.4 Å². The average Bonchev–Trinajstić information content (AvgIpc) is 2.69. The largest absolute Gasteiger partial charge is 0.371 e. The van der Waals surface area contributed by atoms with Gasteiger partial charge in [-0.25, -0.2) is 9.97 Å². The van der Waals surface area contributed by atoms with E-state index in [-0.39, 0.29) is 11.9 Å². The normalized spacial score (nSPS) is 15.7. The first kappa shape index (κ1) is 18.3. The van der Waals surface area contributed by atoms with Crippen molar-refractivity contribution >= 4 is 17.5 Å². The average molecular weight is 353 g/mol. The van der Waals surface area contributed by atoms with Crippen LogP contribution in [0.25, 0.3) is 0 Å². The molecular weight excluding hydrogens is 326 g/mol. The zero-order valence-electron chi connectivity index (χ0n) is 15.6. The molecule has 1 aliphatic rings. The summed E-state index contributed by atoms with van der Waals surface area (Å²) in [5, 5.41) is 2.77. The van der Waals surface area contributed by atoms with Crippen LogP contribution in [0.3, 0.4) is 0 Å². The van der Waals surface area contributed by atoms with Gasteiger partial charge >= 0.3 is 0 Å². The second kappa shape index (κ2) is 8.76. The van der Waals surface area contributed by atoms with Crippen molar-refractivity contribution in [2.75, 3.05) is 30.4 Å². The number of para-hydroxylation sites is 1. The number of likely N-dealkylation sites (N-methyl/N-ethyl adjacent to an activating group) is 1. The number of hydrogen-bond acceptors (Lipinski definition) is 5. The summed E-state index contributed by atoms with van der Waals surface area (Å²) in [7, 11) is 1.98. The molecule has 0 bridgehead atoms. The lowest BCUT2D eigenvalue weighted by Crippen LogP contribution is -2.40. The third kappa shape index (κ3) is 4.58. The van der Waals surface area contributed by atoms with Gasteiger partial charge in [0.25, 0.3) is 0 Å². The molecule has 2 aromatic rings. The molecule has 0 spiro atoms. The summed E-state index contributed by atoms with van der Waals surface area (Å²) in [5.74, 6) is 0.237. The van der Waals surface area contributed by atoms with Crippen LogP contribution < -0.4 is 10.2 Å². The molecule has 1 N–H and O–H groups in total. The molecule has 1 saturated heterocycles. The van der Waals surface area contributed by atoms with Gasteiger partial charge in [0.15, 0.2) is 0 Å². The summed E-state index contributed by atoms with van der Waals surface area (Å²) in [4.78, 5) is 25.1. The van der Waals surface area contributed by atoms with Gasteiger partial charge in [0.2, 0.25) is 11.9 Å². The highest BCUT2D eigenvalue weighted by Crippen LogP contribution is 2.25. The molecule has 138 valence electrons. The van der Waals surface area contributed by atoms with E-state index >= 15 is 0 Å². The number of anilines is 2. The summed E-state index contributed by atoms with van der Waals surface area (Å²) in [6.45, 7) is 4.85. The number of nitrogens with one attached hydrogen (secondary N) is 1. The molecule has 1 atom stereocenters. The van der Waals surface area contributed by atoms with Gasteiger partial charge in [0, 0.05) is 37.7 Å². The van der Waals surface area contributed by atoms with E-state index in [2.05, 4.69) is 49.4 Å². The summed E-state index contributed by atoms with van der Waals surface area (Å²) >= 11 is 0. The molecule has 26 heavy (non-hydrogen) atoms. The minimum Gasteiger partial charge on any atom is -0.371 e. The van der Waals surface area contributed by atoms with E-state index in [0.717, 1.165) is 19.6 Å². The quantitative estimate of drug-likeness (QED) is 0.865. The maximum absolute atomic E-state index is 12.5. The van der Waals surface area contributed by atoms with Crippen molar-refractivity contribution in [2.24, 2.45) is 0 Å². The van der Waals surface area contributed by atoms with E-state index in [0.29, 0.717) is 5.95 Å². The molecule has 6 heteroatoms. The van der Waals surface area contributed by atoms with Crippen molar-refractivity contribution in [3.63, 3.8) is 0 Å². The van der Waals surface area contributed by atoms with E-state index in [4.69, 9.17) is 0 Å². The Morgan fingerprint density at radius 2 is 1.85 bits per heavy atom. The Balaban J connectivity index is 1.65. The fraction of sp³-hybridized carbons (Fsp3) is 0.450. The van der Waals surface area contributed by atoms with Crippen LogP contribution in [0.15, 0.2) is 42.7 Å². The molecule has 1 aromatic heterocycles. The third-order valence-corrected chi connectivity index (χ3v) is 4.95. The maximum Gasteiger partial charge on any atom is 0.243 e. The van der Waals surface area contributed by atoms with Crippen molar-refractivity contribution in [1.82, 2.24) is 14.9 Å². The predicted octanol–water partition coefficient (Wildman–Crippen LogP) is 2.93. The van der Waals surface area contributed by atoms with E-state index in [9.17, 15) is 4.79 Å². The number of amides is 1. The smallest absolute Gasteiger partial charge is 0.243 e. The van der Waals surface area contributed by atoms with Crippen LogP contribution in [-0.4, -0.2) is 47.0 Å². The molecule has 1 aromatic carbocycles. The van der Waals surface area contributed by atoms with Gasteiger partial charge in [-0.2, -0.15) is 0 Å². The SMILES string of the molecule is C[C@H](C(=O)Nc1ncccn1)N(C)Cc1ccccc1N1CCCCC1. The predicted molar refractivity (Wildman–Crippen MR) is 104 cm³/mol. The van der Waals surface area contributed by atoms with E-state index < -0.39 is 0 Å². The van der Waals surface area contributed by atoms with Gasteiger partial charge in [-0.3, -0.25) is 15.0 Å². The van der Waals surface area contributed by atoms with Gasteiger partial charge in [0.05, 0.1) is 6.04 Å². The summed E-state index contributed by atoms with van der Waals surface area (Å²) in [6.07, 6.45) is 7.05. The van der Waals surface area contributed by atoms with Crippen molar-refractivity contribution in [2.45, 2.75) is 38.8 Å². The lowest BCUT2D eigenvalue weighted by atomic mass is 10.1.